The molecule has 0 N–H and O–H groups in total. The Bertz CT molecular complexity index is 713. The molecule has 27 heavy (non-hydrogen) atoms. The van der Waals surface area contributed by atoms with E-state index in [9.17, 15) is 14.0 Å². The van der Waals surface area contributed by atoms with Crippen molar-refractivity contribution < 1.29 is 23.5 Å². The van der Waals surface area contributed by atoms with Gasteiger partial charge >= 0.3 is 6.09 Å². The van der Waals surface area contributed by atoms with Gasteiger partial charge in [-0.15, -0.1) is 0 Å². The van der Waals surface area contributed by atoms with Crippen LogP contribution in [0.2, 0.25) is 0 Å². The lowest BCUT2D eigenvalue weighted by Gasteiger charge is -2.48. The van der Waals surface area contributed by atoms with Crippen molar-refractivity contribution in [1.82, 2.24) is 4.90 Å². The van der Waals surface area contributed by atoms with E-state index in [1.54, 1.807) is 6.07 Å². The summed E-state index contributed by atoms with van der Waals surface area (Å²) in [6.45, 7) is 5.57. The molecule has 2 aliphatic rings. The molecule has 2 fully saturated rings. The van der Waals surface area contributed by atoms with Gasteiger partial charge in [-0.05, 0) is 71.1 Å². The highest BCUT2D eigenvalue weighted by Gasteiger charge is 2.44. The summed E-state index contributed by atoms with van der Waals surface area (Å²) < 4.78 is 24.5. The molecule has 0 aliphatic carbocycles. The summed E-state index contributed by atoms with van der Waals surface area (Å²) in [7, 11) is 1.40. The molecule has 1 aromatic carbocycles. The lowest BCUT2D eigenvalue weighted by molar-refractivity contribution is -0.0260. The zero-order valence-electron chi connectivity index (χ0n) is 16.5. The number of methoxy groups -OCH3 is 1. The Morgan fingerprint density at radius 3 is 2.30 bits per heavy atom. The predicted molar refractivity (Wildman–Crippen MR) is 99.5 cm³/mol. The Morgan fingerprint density at radius 1 is 1.15 bits per heavy atom. The van der Waals surface area contributed by atoms with Crippen LogP contribution >= 0.6 is 0 Å². The smallest absolute Gasteiger partial charge is 0.410 e. The quantitative estimate of drug-likeness (QED) is 0.723. The maximum absolute atomic E-state index is 14.0. The third-order valence-corrected chi connectivity index (χ3v) is 5.39. The van der Waals surface area contributed by atoms with Crippen LogP contribution in [0.25, 0.3) is 0 Å². The van der Waals surface area contributed by atoms with Crippen molar-refractivity contribution in [3.63, 3.8) is 0 Å². The fraction of sp³-hybridized carbons (Fsp3) is 0.619. The number of halogens is 1. The Morgan fingerprint density at radius 2 is 1.78 bits per heavy atom. The molecule has 2 unspecified atom stereocenters. The number of benzene rings is 1. The van der Waals surface area contributed by atoms with E-state index >= 15 is 0 Å². The predicted octanol–water partition coefficient (Wildman–Crippen LogP) is 4.59. The Hall–Kier alpha value is -2.11. The second kappa shape index (κ2) is 7.49. The van der Waals surface area contributed by atoms with Crippen LogP contribution in [0.3, 0.4) is 0 Å². The molecular formula is C21H28FNO4. The van der Waals surface area contributed by atoms with Crippen molar-refractivity contribution in [3.05, 3.63) is 29.6 Å². The van der Waals surface area contributed by atoms with Gasteiger partial charge in [-0.2, -0.15) is 0 Å². The van der Waals surface area contributed by atoms with E-state index in [1.165, 1.54) is 19.2 Å². The Labute approximate surface area is 159 Å². The summed E-state index contributed by atoms with van der Waals surface area (Å²) in [6.07, 6.45) is 3.70. The van der Waals surface area contributed by atoms with E-state index in [1.807, 2.05) is 25.7 Å². The molecule has 2 aliphatic heterocycles. The molecule has 3 rings (SSSR count). The van der Waals surface area contributed by atoms with E-state index < -0.39 is 11.4 Å². The van der Waals surface area contributed by atoms with Gasteiger partial charge in [0.2, 0.25) is 0 Å². The van der Waals surface area contributed by atoms with E-state index in [0.29, 0.717) is 18.4 Å². The maximum Gasteiger partial charge on any atom is 0.410 e. The Balaban J connectivity index is 1.75. The largest absolute Gasteiger partial charge is 0.494 e. The fourth-order valence-corrected chi connectivity index (χ4v) is 4.26. The van der Waals surface area contributed by atoms with E-state index in [-0.39, 0.29) is 35.6 Å². The molecular weight excluding hydrogens is 349 g/mol. The number of nitrogens with zero attached hydrogens (tertiary/aromatic N) is 1. The van der Waals surface area contributed by atoms with Crippen molar-refractivity contribution in [1.29, 1.82) is 0 Å². The molecule has 5 nitrogen and oxygen atoms in total. The normalized spacial score (nSPS) is 25.1. The van der Waals surface area contributed by atoms with Gasteiger partial charge in [-0.3, -0.25) is 4.79 Å². The number of amides is 1. The number of piperidine rings is 2. The third-order valence-electron chi connectivity index (χ3n) is 5.39. The highest BCUT2D eigenvalue weighted by atomic mass is 19.1. The van der Waals surface area contributed by atoms with Crippen LogP contribution in [0, 0.1) is 11.7 Å². The molecule has 2 bridgehead atoms. The van der Waals surface area contributed by atoms with Crippen LogP contribution in [0.5, 0.6) is 5.75 Å². The van der Waals surface area contributed by atoms with Crippen molar-refractivity contribution in [3.8, 4) is 5.75 Å². The number of rotatable bonds is 3. The van der Waals surface area contributed by atoms with Gasteiger partial charge in [0.15, 0.2) is 17.3 Å². The number of carbonyl (C=O) groups excluding carboxylic acids is 2. The van der Waals surface area contributed by atoms with Gasteiger partial charge < -0.3 is 14.4 Å². The van der Waals surface area contributed by atoms with Gasteiger partial charge in [0.25, 0.3) is 0 Å². The van der Waals surface area contributed by atoms with Crippen LogP contribution in [0.15, 0.2) is 18.2 Å². The summed E-state index contributed by atoms with van der Waals surface area (Å²) >= 11 is 0. The Kier molecular flexibility index (Phi) is 5.45. The van der Waals surface area contributed by atoms with Gasteiger partial charge in [0.1, 0.15) is 5.60 Å². The molecule has 2 saturated heterocycles. The van der Waals surface area contributed by atoms with Crippen LogP contribution in [0.1, 0.15) is 63.2 Å². The zero-order valence-corrected chi connectivity index (χ0v) is 16.5. The van der Waals surface area contributed by atoms with Crippen molar-refractivity contribution >= 4 is 11.9 Å². The number of hydrogen-bond donors (Lipinski definition) is 0. The minimum absolute atomic E-state index is 0.00407. The molecule has 2 heterocycles. The first kappa shape index (κ1) is 19.6. The lowest BCUT2D eigenvalue weighted by Crippen LogP contribution is -2.56. The van der Waals surface area contributed by atoms with Crippen molar-refractivity contribution in [2.45, 2.75) is 70.6 Å². The third kappa shape index (κ3) is 4.25. The van der Waals surface area contributed by atoms with Crippen LogP contribution in [0.4, 0.5) is 9.18 Å². The molecule has 0 radical (unpaired) electrons. The molecule has 2 atom stereocenters. The first-order valence-electron chi connectivity index (χ1n) is 9.58. The number of fused-ring (bicyclic) bond motifs is 2. The summed E-state index contributed by atoms with van der Waals surface area (Å²) in [5.41, 5.74) is -0.180. The zero-order chi connectivity index (χ0) is 19.8. The summed E-state index contributed by atoms with van der Waals surface area (Å²) in [5.74, 6) is -0.665. The number of ether oxygens (including phenoxy) is 2. The summed E-state index contributed by atoms with van der Waals surface area (Å²) in [5, 5.41) is 0. The molecule has 148 valence electrons. The number of hydrogen-bond acceptors (Lipinski definition) is 4. The number of ketones is 1. The van der Waals surface area contributed by atoms with Crippen LogP contribution in [-0.2, 0) is 4.74 Å². The van der Waals surface area contributed by atoms with Gasteiger partial charge in [-0.25, -0.2) is 9.18 Å². The standard InChI is InChI=1S/C21H28FNO4/c1-21(2,3)27-20(25)23-15-6-5-7-16(23)11-14(10-15)19(24)13-8-9-18(26-4)17(22)12-13/h8-9,12,14-16H,5-7,10-11H2,1-4H3. The maximum atomic E-state index is 14.0. The molecule has 0 saturated carbocycles. The second-order valence-corrected chi connectivity index (χ2v) is 8.51. The number of carbonyl (C=O) groups is 2. The summed E-state index contributed by atoms with van der Waals surface area (Å²) in [4.78, 5) is 27.4. The first-order valence-corrected chi connectivity index (χ1v) is 9.58. The lowest BCUT2D eigenvalue weighted by atomic mass is 9.76. The van der Waals surface area contributed by atoms with Gasteiger partial charge in [-0.1, -0.05) is 0 Å². The molecule has 1 aromatic rings. The molecule has 0 spiro atoms. The fourth-order valence-electron chi connectivity index (χ4n) is 4.26. The monoisotopic (exact) mass is 377 g/mol. The molecule has 1 amide bonds. The number of Topliss-reactive ketones (excluding diaryl/α,β-unsaturated/α-hetero) is 1. The van der Waals surface area contributed by atoms with Gasteiger partial charge in [0.05, 0.1) is 7.11 Å². The molecule has 0 aromatic heterocycles. The highest BCUT2D eigenvalue weighted by molar-refractivity contribution is 5.98. The highest BCUT2D eigenvalue weighted by Crippen LogP contribution is 2.39. The van der Waals surface area contributed by atoms with Gasteiger partial charge in [0, 0.05) is 23.6 Å². The van der Waals surface area contributed by atoms with E-state index in [2.05, 4.69) is 0 Å². The second-order valence-electron chi connectivity index (χ2n) is 8.51. The summed E-state index contributed by atoms with van der Waals surface area (Å²) in [6, 6.07) is 4.35. The van der Waals surface area contributed by atoms with Crippen LogP contribution in [-0.4, -0.2) is 41.6 Å². The van der Waals surface area contributed by atoms with Crippen LogP contribution < -0.4 is 4.74 Å². The average Bonchev–Trinajstić information content (AvgIpc) is 2.58. The van der Waals surface area contributed by atoms with E-state index in [0.717, 1.165) is 19.3 Å². The minimum Gasteiger partial charge on any atom is -0.494 e. The van der Waals surface area contributed by atoms with Crippen molar-refractivity contribution in [2.24, 2.45) is 5.92 Å². The molecule has 6 heteroatoms. The minimum atomic E-state index is -0.543. The topological polar surface area (TPSA) is 55.8 Å². The SMILES string of the molecule is COc1ccc(C(=O)C2CC3CCCC(C2)N3C(=O)OC(C)(C)C)cc1F. The average molecular weight is 377 g/mol. The first-order chi connectivity index (χ1) is 12.7. The van der Waals surface area contributed by atoms with Crippen molar-refractivity contribution in [2.75, 3.05) is 7.11 Å². The van der Waals surface area contributed by atoms with E-state index in [4.69, 9.17) is 9.47 Å².